The second-order valence-electron chi connectivity index (χ2n) is 5.84. The third kappa shape index (κ3) is 3.48. The van der Waals surface area contributed by atoms with E-state index in [9.17, 15) is 0 Å². The lowest BCUT2D eigenvalue weighted by atomic mass is 9.75. The molecule has 0 bridgehead atoms. The van der Waals surface area contributed by atoms with Crippen molar-refractivity contribution < 1.29 is 0 Å². The van der Waals surface area contributed by atoms with Crippen LogP contribution in [0.4, 0.5) is 0 Å². The van der Waals surface area contributed by atoms with Gasteiger partial charge in [0, 0.05) is 0 Å². The van der Waals surface area contributed by atoms with Crippen LogP contribution in [0.2, 0.25) is 0 Å². The van der Waals surface area contributed by atoms with E-state index in [-0.39, 0.29) is 0 Å². The first-order valence-electron chi connectivity index (χ1n) is 7.20. The van der Waals surface area contributed by atoms with Crippen LogP contribution in [0, 0.1) is 23.7 Å². The van der Waals surface area contributed by atoms with Gasteiger partial charge in [0.25, 0.3) is 0 Å². The van der Waals surface area contributed by atoms with Gasteiger partial charge < -0.3 is 0 Å². The van der Waals surface area contributed by atoms with E-state index in [0.717, 1.165) is 0 Å². The zero-order valence-corrected chi connectivity index (χ0v) is 12.8. The topological polar surface area (TPSA) is 0 Å². The predicted octanol–water partition coefficient (Wildman–Crippen LogP) is 5.55. The smallest absolute Gasteiger partial charge is 0.0127 e. The standard InChI is InChI=1S/C18H28/c1-7-8-11-17(15(5)13(2)3)18-12-9-10-14(4)16(18)6/h7-16H,1-6H3/b8-7-,17-11+/t14-,15+,16?/m1/s1. The van der Waals surface area contributed by atoms with Crippen molar-refractivity contribution in [2.24, 2.45) is 23.7 Å². The van der Waals surface area contributed by atoms with Gasteiger partial charge in [-0.3, -0.25) is 0 Å². The Kier molecular flexibility index (Phi) is 5.65. The monoisotopic (exact) mass is 244 g/mol. The maximum Gasteiger partial charge on any atom is -0.0127 e. The molecule has 0 aliphatic heterocycles. The molecular formula is C18H28. The fourth-order valence-corrected chi connectivity index (χ4v) is 2.37. The molecule has 0 saturated carbocycles. The molecule has 0 aromatic heterocycles. The minimum Gasteiger partial charge on any atom is -0.0877 e. The van der Waals surface area contributed by atoms with Crippen LogP contribution in [0.25, 0.3) is 0 Å². The van der Waals surface area contributed by atoms with E-state index in [2.05, 4.69) is 78.0 Å². The summed E-state index contributed by atoms with van der Waals surface area (Å²) in [6.07, 6.45) is 13.4. The Labute approximate surface area is 113 Å². The number of allylic oxidation sites excluding steroid dienone is 8. The van der Waals surface area contributed by atoms with E-state index in [1.807, 2.05) is 0 Å². The number of hydrogen-bond donors (Lipinski definition) is 0. The Hall–Kier alpha value is -1.04. The van der Waals surface area contributed by atoms with Crippen LogP contribution in [0.5, 0.6) is 0 Å². The van der Waals surface area contributed by atoms with Crippen LogP contribution < -0.4 is 0 Å². The maximum atomic E-state index is 2.34. The highest BCUT2D eigenvalue weighted by molar-refractivity contribution is 5.41. The fraction of sp³-hybridized carbons (Fsp3) is 0.556. The van der Waals surface area contributed by atoms with Crippen LogP contribution in [-0.2, 0) is 0 Å². The molecule has 0 spiro atoms. The van der Waals surface area contributed by atoms with E-state index in [4.69, 9.17) is 0 Å². The van der Waals surface area contributed by atoms with Gasteiger partial charge in [-0.25, -0.2) is 0 Å². The summed E-state index contributed by atoms with van der Waals surface area (Å²) in [5.41, 5.74) is 3.02. The highest BCUT2D eigenvalue weighted by Gasteiger charge is 2.24. The molecule has 0 heterocycles. The molecule has 1 rings (SSSR count). The van der Waals surface area contributed by atoms with E-state index >= 15 is 0 Å². The SMILES string of the molecule is C/C=C\C=C(\C1=CC=C[C@@H](C)C1C)[C@@H](C)C(C)C. The summed E-state index contributed by atoms with van der Waals surface area (Å²) >= 11 is 0. The molecular weight excluding hydrogens is 216 g/mol. The van der Waals surface area contributed by atoms with Gasteiger partial charge in [0.1, 0.15) is 0 Å². The van der Waals surface area contributed by atoms with E-state index in [1.165, 1.54) is 11.1 Å². The Morgan fingerprint density at radius 2 is 1.89 bits per heavy atom. The van der Waals surface area contributed by atoms with Crippen molar-refractivity contribution in [1.29, 1.82) is 0 Å². The second-order valence-corrected chi connectivity index (χ2v) is 5.84. The average molecular weight is 244 g/mol. The Morgan fingerprint density at radius 3 is 2.44 bits per heavy atom. The van der Waals surface area contributed by atoms with E-state index < -0.39 is 0 Å². The van der Waals surface area contributed by atoms with Crippen LogP contribution in [0.1, 0.15) is 41.5 Å². The predicted molar refractivity (Wildman–Crippen MR) is 82.5 cm³/mol. The Balaban J connectivity index is 3.11. The quantitative estimate of drug-likeness (QED) is 0.569. The molecule has 0 radical (unpaired) electrons. The summed E-state index contributed by atoms with van der Waals surface area (Å²) < 4.78 is 0. The minimum atomic E-state index is 0.605. The highest BCUT2D eigenvalue weighted by Crippen LogP contribution is 2.36. The van der Waals surface area contributed by atoms with Crippen molar-refractivity contribution in [2.75, 3.05) is 0 Å². The highest BCUT2D eigenvalue weighted by atomic mass is 14.3. The number of hydrogen-bond acceptors (Lipinski definition) is 0. The van der Waals surface area contributed by atoms with E-state index in [1.54, 1.807) is 0 Å². The Morgan fingerprint density at radius 1 is 1.22 bits per heavy atom. The summed E-state index contributed by atoms with van der Waals surface area (Å²) in [7, 11) is 0. The molecule has 1 aliphatic carbocycles. The summed E-state index contributed by atoms with van der Waals surface area (Å²) in [6, 6.07) is 0. The van der Waals surface area contributed by atoms with Crippen molar-refractivity contribution in [3.63, 3.8) is 0 Å². The Bertz CT molecular complexity index is 377. The van der Waals surface area contributed by atoms with Crippen LogP contribution in [0.3, 0.4) is 0 Å². The lowest BCUT2D eigenvalue weighted by Crippen LogP contribution is -2.18. The van der Waals surface area contributed by atoms with Crippen LogP contribution in [-0.4, -0.2) is 0 Å². The summed E-state index contributed by atoms with van der Waals surface area (Å²) in [4.78, 5) is 0. The van der Waals surface area contributed by atoms with Gasteiger partial charge in [-0.15, -0.1) is 0 Å². The molecule has 0 N–H and O–H groups in total. The molecule has 0 amide bonds. The summed E-state index contributed by atoms with van der Waals surface area (Å²) in [5.74, 6) is 2.54. The minimum absolute atomic E-state index is 0.605. The summed E-state index contributed by atoms with van der Waals surface area (Å²) in [5, 5.41) is 0. The molecule has 18 heavy (non-hydrogen) atoms. The van der Waals surface area contributed by atoms with Gasteiger partial charge in [-0.05, 0) is 41.7 Å². The van der Waals surface area contributed by atoms with Gasteiger partial charge in [0.05, 0.1) is 0 Å². The lowest BCUT2D eigenvalue weighted by Gasteiger charge is -2.30. The van der Waals surface area contributed by atoms with Gasteiger partial charge in [0.15, 0.2) is 0 Å². The molecule has 3 atom stereocenters. The van der Waals surface area contributed by atoms with Crippen molar-refractivity contribution in [3.8, 4) is 0 Å². The fourth-order valence-electron chi connectivity index (χ4n) is 2.37. The third-order valence-electron chi connectivity index (χ3n) is 4.26. The number of rotatable bonds is 4. The van der Waals surface area contributed by atoms with Crippen LogP contribution in [0.15, 0.2) is 47.6 Å². The lowest BCUT2D eigenvalue weighted by molar-refractivity contribution is 0.456. The summed E-state index contributed by atoms with van der Waals surface area (Å²) in [6.45, 7) is 13.7. The van der Waals surface area contributed by atoms with Gasteiger partial charge in [-0.2, -0.15) is 0 Å². The normalized spacial score (nSPS) is 26.8. The van der Waals surface area contributed by atoms with Gasteiger partial charge in [-0.1, -0.05) is 71.1 Å². The molecule has 100 valence electrons. The van der Waals surface area contributed by atoms with E-state index in [0.29, 0.717) is 23.7 Å². The van der Waals surface area contributed by atoms with Gasteiger partial charge in [0.2, 0.25) is 0 Å². The second kappa shape index (κ2) is 6.78. The molecule has 0 aromatic carbocycles. The molecule has 0 saturated heterocycles. The maximum absolute atomic E-state index is 2.34. The van der Waals surface area contributed by atoms with Crippen molar-refractivity contribution in [2.45, 2.75) is 41.5 Å². The van der Waals surface area contributed by atoms with Crippen molar-refractivity contribution in [1.82, 2.24) is 0 Å². The largest absolute Gasteiger partial charge is 0.0877 e. The zero-order valence-electron chi connectivity index (χ0n) is 12.8. The molecule has 0 nitrogen and oxygen atoms in total. The molecule has 0 fully saturated rings. The molecule has 0 heteroatoms. The van der Waals surface area contributed by atoms with Crippen molar-refractivity contribution in [3.05, 3.63) is 47.6 Å². The molecule has 1 unspecified atom stereocenters. The third-order valence-corrected chi connectivity index (χ3v) is 4.26. The average Bonchev–Trinajstić information content (AvgIpc) is 2.34. The zero-order chi connectivity index (χ0) is 13.7. The molecule has 1 aliphatic rings. The van der Waals surface area contributed by atoms with Crippen molar-refractivity contribution >= 4 is 0 Å². The molecule has 0 aromatic rings. The first-order chi connectivity index (χ1) is 8.49. The van der Waals surface area contributed by atoms with Gasteiger partial charge >= 0.3 is 0 Å². The first-order valence-corrected chi connectivity index (χ1v) is 7.20. The first kappa shape index (κ1) is 15.0. The van der Waals surface area contributed by atoms with Crippen LogP contribution >= 0.6 is 0 Å².